The van der Waals surface area contributed by atoms with E-state index in [9.17, 15) is 0 Å². The van der Waals surface area contributed by atoms with Gasteiger partial charge in [-0.25, -0.2) is 4.98 Å². The molecular formula is C16H30N4. The Kier molecular flexibility index (Phi) is 5.22. The van der Waals surface area contributed by atoms with Crippen molar-refractivity contribution < 1.29 is 0 Å². The largest absolute Gasteiger partial charge is 0.334 e. The standard InChI is InChI=1S/C16H30N4/c1-5-19-13-17-10-15(19)12-20-9-7-6-8-14(20)11-18-16(2,3)4/h10,13-14,18H,5-9,11-12H2,1-4H3. The van der Waals surface area contributed by atoms with Gasteiger partial charge in [-0.15, -0.1) is 0 Å². The van der Waals surface area contributed by atoms with Crippen LogP contribution in [0.4, 0.5) is 0 Å². The Morgan fingerprint density at radius 2 is 2.15 bits per heavy atom. The third-order valence-corrected chi connectivity index (χ3v) is 4.12. The van der Waals surface area contributed by atoms with Gasteiger partial charge in [-0.3, -0.25) is 4.90 Å². The minimum absolute atomic E-state index is 0.203. The highest BCUT2D eigenvalue weighted by Gasteiger charge is 2.24. The fourth-order valence-electron chi connectivity index (χ4n) is 2.90. The Hall–Kier alpha value is -0.870. The van der Waals surface area contributed by atoms with Crippen molar-refractivity contribution >= 4 is 0 Å². The summed E-state index contributed by atoms with van der Waals surface area (Å²) >= 11 is 0. The molecule has 0 radical (unpaired) electrons. The van der Waals surface area contributed by atoms with Crippen LogP contribution in [0, 0.1) is 0 Å². The van der Waals surface area contributed by atoms with E-state index in [-0.39, 0.29) is 5.54 Å². The zero-order valence-corrected chi connectivity index (χ0v) is 13.5. The molecule has 4 nitrogen and oxygen atoms in total. The van der Waals surface area contributed by atoms with E-state index in [1.807, 2.05) is 12.5 Å². The topological polar surface area (TPSA) is 33.1 Å². The van der Waals surface area contributed by atoms with E-state index in [0.29, 0.717) is 6.04 Å². The van der Waals surface area contributed by atoms with Gasteiger partial charge in [0.1, 0.15) is 0 Å². The van der Waals surface area contributed by atoms with Gasteiger partial charge in [-0.1, -0.05) is 6.42 Å². The predicted octanol–water partition coefficient (Wildman–Crippen LogP) is 2.65. The third kappa shape index (κ3) is 4.32. The zero-order chi connectivity index (χ0) is 14.6. The fourth-order valence-corrected chi connectivity index (χ4v) is 2.90. The molecule has 1 fully saturated rings. The highest BCUT2D eigenvalue weighted by molar-refractivity contribution is 4.99. The van der Waals surface area contributed by atoms with Crippen molar-refractivity contribution in [1.82, 2.24) is 19.8 Å². The molecule has 0 saturated carbocycles. The lowest BCUT2D eigenvalue weighted by molar-refractivity contribution is 0.128. The normalized spacial score (nSPS) is 21.3. The number of piperidine rings is 1. The maximum atomic E-state index is 4.29. The number of likely N-dealkylation sites (tertiary alicyclic amines) is 1. The van der Waals surface area contributed by atoms with Crippen LogP contribution in [-0.4, -0.2) is 39.1 Å². The van der Waals surface area contributed by atoms with E-state index < -0.39 is 0 Å². The maximum Gasteiger partial charge on any atom is 0.0948 e. The molecule has 1 atom stereocenters. The average molecular weight is 278 g/mol. The van der Waals surface area contributed by atoms with E-state index in [0.717, 1.165) is 19.6 Å². The van der Waals surface area contributed by atoms with Crippen LogP contribution in [0.2, 0.25) is 0 Å². The minimum Gasteiger partial charge on any atom is -0.334 e. The predicted molar refractivity (Wildman–Crippen MR) is 83.7 cm³/mol. The van der Waals surface area contributed by atoms with E-state index in [1.165, 1.54) is 31.5 Å². The van der Waals surface area contributed by atoms with Gasteiger partial charge in [0.25, 0.3) is 0 Å². The molecule has 4 heteroatoms. The lowest BCUT2D eigenvalue weighted by Crippen LogP contribution is -2.49. The molecule has 1 aromatic heterocycles. The first-order chi connectivity index (χ1) is 9.49. The molecule has 0 spiro atoms. The van der Waals surface area contributed by atoms with Crippen LogP contribution in [0.3, 0.4) is 0 Å². The van der Waals surface area contributed by atoms with Crippen LogP contribution < -0.4 is 5.32 Å². The van der Waals surface area contributed by atoms with E-state index in [2.05, 4.69) is 47.5 Å². The molecule has 1 saturated heterocycles. The second-order valence-corrected chi connectivity index (χ2v) is 6.92. The fraction of sp³-hybridized carbons (Fsp3) is 0.812. The SMILES string of the molecule is CCn1cncc1CN1CCCCC1CNC(C)(C)C. The molecule has 20 heavy (non-hydrogen) atoms. The van der Waals surface area contributed by atoms with Gasteiger partial charge in [0.2, 0.25) is 0 Å². The van der Waals surface area contributed by atoms with Crippen molar-refractivity contribution in [1.29, 1.82) is 0 Å². The number of imidazole rings is 1. The number of aryl methyl sites for hydroxylation is 1. The summed E-state index contributed by atoms with van der Waals surface area (Å²) in [6.45, 7) is 13.2. The van der Waals surface area contributed by atoms with Crippen molar-refractivity contribution in [2.24, 2.45) is 0 Å². The summed E-state index contributed by atoms with van der Waals surface area (Å²) < 4.78 is 2.25. The molecule has 2 rings (SSSR count). The third-order valence-electron chi connectivity index (χ3n) is 4.12. The van der Waals surface area contributed by atoms with Crippen LogP contribution in [0.25, 0.3) is 0 Å². The van der Waals surface area contributed by atoms with Crippen molar-refractivity contribution in [3.05, 3.63) is 18.2 Å². The summed E-state index contributed by atoms with van der Waals surface area (Å²) in [5.74, 6) is 0. The summed E-state index contributed by atoms with van der Waals surface area (Å²) in [7, 11) is 0. The number of hydrogen-bond acceptors (Lipinski definition) is 3. The smallest absolute Gasteiger partial charge is 0.0948 e. The van der Waals surface area contributed by atoms with Crippen molar-refractivity contribution in [3.63, 3.8) is 0 Å². The Morgan fingerprint density at radius 1 is 1.35 bits per heavy atom. The lowest BCUT2D eigenvalue weighted by atomic mass is 10.00. The Bertz CT molecular complexity index is 405. The first kappa shape index (κ1) is 15.5. The molecule has 0 aromatic carbocycles. The number of aromatic nitrogens is 2. The first-order valence-electron chi connectivity index (χ1n) is 7.97. The van der Waals surface area contributed by atoms with Gasteiger partial charge in [-0.05, 0) is 47.1 Å². The quantitative estimate of drug-likeness (QED) is 0.899. The van der Waals surface area contributed by atoms with Gasteiger partial charge >= 0.3 is 0 Å². The number of hydrogen-bond donors (Lipinski definition) is 1. The molecule has 0 aliphatic carbocycles. The van der Waals surface area contributed by atoms with Gasteiger partial charge in [0.05, 0.1) is 12.0 Å². The van der Waals surface area contributed by atoms with Crippen LogP contribution >= 0.6 is 0 Å². The van der Waals surface area contributed by atoms with Crippen molar-refractivity contribution in [2.75, 3.05) is 13.1 Å². The van der Waals surface area contributed by atoms with E-state index in [1.54, 1.807) is 0 Å². The first-order valence-corrected chi connectivity index (χ1v) is 7.97. The van der Waals surface area contributed by atoms with E-state index >= 15 is 0 Å². The lowest BCUT2D eigenvalue weighted by Gasteiger charge is -2.37. The second kappa shape index (κ2) is 6.72. The average Bonchev–Trinajstić information content (AvgIpc) is 2.84. The molecule has 1 aromatic rings. The molecule has 0 amide bonds. The number of nitrogens with zero attached hydrogens (tertiary/aromatic N) is 3. The maximum absolute atomic E-state index is 4.29. The Labute approximate surface area is 123 Å². The monoisotopic (exact) mass is 278 g/mol. The van der Waals surface area contributed by atoms with Crippen LogP contribution in [0.5, 0.6) is 0 Å². The second-order valence-electron chi connectivity index (χ2n) is 6.92. The van der Waals surface area contributed by atoms with Crippen LogP contribution in [0.1, 0.15) is 52.7 Å². The molecule has 1 N–H and O–H groups in total. The highest BCUT2D eigenvalue weighted by atomic mass is 15.2. The van der Waals surface area contributed by atoms with Gasteiger partial charge in [-0.2, -0.15) is 0 Å². The molecular weight excluding hydrogens is 248 g/mol. The minimum atomic E-state index is 0.203. The molecule has 1 aliphatic heterocycles. The van der Waals surface area contributed by atoms with Crippen LogP contribution in [0.15, 0.2) is 12.5 Å². The zero-order valence-electron chi connectivity index (χ0n) is 13.5. The van der Waals surface area contributed by atoms with Gasteiger partial charge in [0.15, 0.2) is 0 Å². The molecule has 1 aliphatic rings. The van der Waals surface area contributed by atoms with Crippen molar-refractivity contribution in [3.8, 4) is 0 Å². The highest BCUT2D eigenvalue weighted by Crippen LogP contribution is 2.20. The molecule has 0 bridgehead atoms. The molecule has 2 heterocycles. The van der Waals surface area contributed by atoms with E-state index in [4.69, 9.17) is 0 Å². The summed E-state index contributed by atoms with van der Waals surface area (Å²) in [5, 5.41) is 3.67. The Morgan fingerprint density at radius 3 is 2.85 bits per heavy atom. The number of rotatable bonds is 5. The summed E-state index contributed by atoms with van der Waals surface area (Å²) in [5.41, 5.74) is 1.55. The van der Waals surface area contributed by atoms with Crippen LogP contribution in [-0.2, 0) is 13.1 Å². The Balaban J connectivity index is 1.96. The summed E-state index contributed by atoms with van der Waals surface area (Å²) in [6, 6.07) is 0.656. The summed E-state index contributed by atoms with van der Waals surface area (Å²) in [6.07, 6.45) is 7.96. The van der Waals surface area contributed by atoms with Gasteiger partial charge in [0, 0.05) is 37.4 Å². The molecule has 114 valence electrons. The summed E-state index contributed by atoms with van der Waals surface area (Å²) in [4.78, 5) is 6.92. The molecule has 1 unspecified atom stereocenters. The van der Waals surface area contributed by atoms with Gasteiger partial charge < -0.3 is 9.88 Å². The number of nitrogens with one attached hydrogen (secondary N) is 1. The van der Waals surface area contributed by atoms with Crippen molar-refractivity contribution in [2.45, 2.75) is 71.6 Å².